The summed E-state index contributed by atoms with van der Waals surface area (Å²) in [6.07, 6.45) is 0.740. The Bertz CT molecular complexity index is 950. The van der Waals surface area contributed by atoms with Crippen molar-refractivity contribution >= 4 is 37.3 Å². The summed E-state index contributed by atoms with van der Waals surface area (Å²) in [6, 6.07) is 8.12. The number of para-hydroxylation sites is 1. The molecule has 2 aliphatic rings. The van der Waals surface area contributed by atoms with Crippen molar-refractivity contribution < 1.29 is 13.2 Å². The van der Waals surface area contributed by atoms with Gasteiger partial charge in [0, 0.05) is 39.3 Å². The molecule has 0 spiro atoms. The molecule has 2 aromatic rings. The molecule has 9 heteroatoms. The molecule has 3 heterocycles. The van der Waals surface area contributed by atoms with Gasteiger partial charge in [-0.15, -0.1) is 11.3 Å². The van der Waals surface area contributed by atoms with Crippen LogP contribution in [-0.4, -0.2) is 91.3 Å². The first-order valence-electron chi connectivity index (χ1n) is 10.1. The van der Waals surface area contributed by atoms with E-state index in [1.807, 2.05) is 32.2 Å². The van der Waals surface area contributed by atoms with Crippen molar-refractivity contribution in [3.8, 4) is 0 Å². The van der Waals surface area contributed by atoms with Crippen LogP contribution in [0.15, 0.2) is 24.3 Å². The normalized spacial score (nSPS) is 24.0. The van der Waals surface area contributed by atoms with E-state index in [1.54, 1.807) is 16.2 Å². The Hall–Kier alpha value is -1.55. The van der Waals surface area contributed by atoms with Crippen molar-refractivity contribution in [3.63, 3.8) is 0 Å². The van der Waals surface area contributed by atoms with Crippen molar-refractivity contribution in [2.24, 2.45) is 0 Å². The summed E-state index contributed by atoms with van der Waals surface area (Å²) in [5, 5.41) is 0.953. The lowest BCUT2D eigenvalue weighted by atomic mass is 10.2. The molecule has 158 valence electrons. The maximum absolute atomic E-state index is 12.8. The minimum absolute atomic E-state index is 0.0649. The fourth-order valence-corrected chi connectivity index (χ4v) is 6.93. The number of fused-ring (bicyclic) bond motifs is 1. The van der Waals surface area contributed by atoms with Gasteiger partial charge in [-0.2, -0.15) is 0 Å². The number of aromatic nitrogens is 1. The number of hydrogen-bond donors (Lipinski definition) is 0. The highest BCUT2D eigenvalue weighted by Crippen LogP contribution is 2.29. The lowest BCUT2D eigenvalue weighted by Crippen LogP contribution is -2.52. The molecule has 2 aliphatic heterocycles. The Labute approximate surface area is 176 Å². The molecular formula is C20H28N4O3S2. The van der Waals surface area contributed by atoms with Gasteiger partial charge < -0.3 is 4.90 Å². The van der Waals surface area contributed by atoms with Crippen molar-refractivity contribution in [2.45, 2.75) is 25.4 Å². The average Bonchev–Trinajstić information content (AvgIpc) is 3.30. The summed E-state index contributed by atoms with van der Waals surface area (Å²) in [7, 11) is -1.01. The summed E-state index contributed by atoms with van der Waals surface area (Å²) in [6.45, 7) is 5.66. The third-order valence-electron chi connectivity index (χ3n) is 6.13. The van der Waals surface area contributed by atoms with Crippen LogP contribution in [0.4, 0.5) is 0 Å². The Morgan fingerprint density at radius 2 is 2.00 bits per heavy atom. The van der Waals surface area contributed by atoms with Gasteiger partial charge in [-0.3, -0.25) is 14.6 Å². The number of sulfone groups is 1. The van der Waals surface area contributed by atoms with Gasteiger partial charge in [0.1, 0.15) is 5.01 Å². The topological polar surface area (TPSA) is 73.8 Å². The standard InChI is InChI=1S/C20H28N4O3S2/c1-15(20-21-17-5-3-4-6-18(17)28-20)22(2)19(25)13-23-8-10-24(11-9-23)16-7-12-29(26,27)14-16/h3-6,15-16H,7-14H2,1-2H3. The van der Waals surface area contributed by atoms with Crippen LogP contribution in [0.5, 0.6) is 0 Å². The van der Waals surface area contributed by atoms with Crippen LogP contribution in [0.3, 0.4) is 0 Å². The first kappa shape index (κ1) is 20.7. The van der Waals surface area contributed by atoms with Crippen LogP contribution in [0.2, 0.25) is 0 Å². The maximum Gasteiger partial charge on any atom is 0.237 e. The zero-order valence-electron chi connectivity index (χ0n) is 17.0. The van der Waals surface area contributed by atoms with Crippen LogP contribution in [0, 0.1) is 0 Å². The molecule has 2 saturated heterocycles. The SMILES string of the molecule is CC(c1nc2ccccc2s1)N(C)C(=O)CN1CCN(C2CCS(=O)(=O)C2)CC1. The largest absolute Gasteiger partial charge is 0.335 e. The number of rotatable bonds is 5. The van der Waals surface area contributed by atoms with Gasteiger partial charge in [0.05, 0.1) is 34.3 Å². The minimum Gasteiger partial charge on any atom is -0.335 e. The van der Waals surface area contributed by atoms with Gasteiger partial charge in [0.15, 0.2) is 9.84 Å². The second-order valence-electron chi connectivity index (χ2n) is 8.07. The summed E-state index contributed by atoms with van der Waals surface area (Å²) in [4.78, 5) is 23.7. The van der Waals surface area contributed by atoms with E-state index in [4.69, 9.17) is 0 Å². The fraction of sp³-hybridized carbons (Fsp3) is 0.600. The van der Waals surface area contributed by atoms with E-state index >= 15 is 0 Å². The lowest BCUT2D eigenvalue weighted by Gasteiger charge is -2.38. The number of amides is 1. The summed E-state index contributed by atoms with van der Waals surface area (Å²) in [5.41, 5.74) is 0.977. The molecule has 0 bridgehead atoms. The van der Waals surface area contributed by atoms with E-state index in [2.05, 4.69) is 20.9 Å². The first-order valence-corrected chi connectivity index (χ1v) is 12.7. The summed E-state index contributed by atoms with van der Waals surface area (Å²) < 4.78 is 24.6. The van der Waals surface area contributed by atoms with Gasteiger partial charge in [0.25, 0.3) is 0 Å². The quantitative estimate of drug-likeness (QED) is 0.709. The van der Waals surface area contributed by atoms with E-state index in [0.717, 1.165) is 47.8 Å². The van der Waals surface area contributed by atoms with Crippen LogP contribution < -0.4 is 0 Å². The molecule has 1 amide bonds. The fourth-order valence-electron chi connectivity index (χ4n) is 4.10. The Morgan fingerprint density at radius 3 is 2.66 bits per heavy atom. The van der Waals surface area contributed by atoms with Crippen LogP contribution in [0.1, 0.15) is 24.4 Å². The summed E-state index contributed by atoms with van der Waals surface area (Å²) in [5.74, 6) is 0.688. The van der Waals surface area contributed by atoms with Gasteiger partial charge in [-0.25, -0.2) is 13.4 Å². The molecule has 2 atom stereocenters. The number of carbonyl (C=O) groups excluding carboxylic acids is 1. The van der Waals surface area contributed by atoms with E-state index in [9.17, 15) is 13.2 Å². The molecule has 7 nitrogen and oxygen atoms in total. The van der Waals surface area contributed by atoms with E-state index in [-0.39, 0.29) is 23.7 Å². The summed E-state index contributed by atoms with van der Waals surface area (Å²) >= 11 is 1.64. The average molecular weight is 437 g/mol. The second kappa shape index (κ2) is 8.29. The molecule has 2 unspecified atom stereocenters. The molecule has 0 N–H and O–H groups in total. The molecule has 0 saturated carbocycles. The third kappa shape index (κ3) is 4.63. The molecule has 1 aromatic heterocycles. The Morgan fingerprint density at radius 1 is 1.28 bits per heavy atom. The Kier molecular flexibility index (Phi) is 5.92. The first-order chi connectivity index (χ1) is 13.8. The predicted molar refractivity (Wildman–Crippen MR) is 116 cm³/mol. The number of piperazine rings is 1. The third-order valence-corrected chi connectivity index (χ3v) is 9.09. The van der Waals surface area contributed by atoms with Crippen LogP contribution in [-0.2, 0) is 14.6 Å². The van der Waals surface area contributed by atoms with Gasteiger partial charge in [-0.05, 0) is 25.5 Å². The number of thiazole rings is 1. The number of benzene rings is 1. The van der Waals surface area contributed by atoms with Crippen molar-refractivity contribution in [1.29, 1.82) is 0 Å². The molecule has 1 aromatic carbocycles. The van der Waals surface area contributed by atoms with Gasteiger partial charge >= 0.3 is 0 Å². The van der Waals surface area contributed by atoms with Crippen molar-refractivity contribution in [2.75, 3.05) is 51.3 Å². The highest BCUT2D eigenvalue weighted by Gasteiger charge is 2.34. The van der Waals surface area contributed by atoms with E-state index < -0.39 is 9.84 Å². The Balaban J connectivity index is 1.30. The smallest absolute Gasteiger partial charge is 0.237 e. The predicted octanol–water partition coefficient (Wildman–Crippen LogP) is 1.62. The van der Waals surface area contributed by atoms with Gasteiger partial charge in [-0.1, -0.05) is 12.1 Å². The van der Waals surface area contributed by atoms with Crippen LogP contribution in [0.25, 0.3) is 10.2 Å². The van der Waals surface area contributed by atoms with Gasteiger partial charge in [0.2, 0.25) is 5.91 Å². The monoisotopic (exact) mass is 436 g/mol. The van der Waals surface area contributed by atoms with Crippen molar-refractivity contribution in [1.82, 2.24) is 19.7 Å². The molecule has 4 rings (SSSR count). The second-order valence-corrected chi connectivity index (χ2v) is 11.4. The zero-order chi connectivity index (χ0) is 20.6. The molecule has 0 aliphatic carbocycles. The molecule has 29 heavy (non-hydrogen) atoms. The van der Waals surface area contributed by atoms with E-state index in [0.29, 0.717) is 12.3 Å². The molecular weight excluding hydrogens is 408 g/mol. The molecule has 2 fully saturated rings. The van der Waals surface area contributed by atoms with Crippen LogP contribution >= 0.6 is 11.3 Å². The minimum atomic E-state index is -2.86. The van der Waals surface area contributed by atoms with Crippen molar-refractivity contribution in [3.05, 3.63) is 29.3 Å². The number of likely N-dealkylation sites (N-methyl/N-ethyl adjacent to an activating group) is 1. The molecule has 0 radical (unpaired) electrons. The number of nitrogens with zero attached hydrogens (tertiary/aromatic N) is 4. The highest BCUT2D eigenvalue weighted by molar-refractivity contribution is 7.91. The zero-order valence-corrected chi connectivity index (χ0v) is 18.6. The van der Waals surface area contributed by atoms with E-state index in [1.165, 1.54) is 0 Å². The number of hydrogen-bond acceptors (Lipinski definition) is 7. The number of carbonyl (C=O) groups is 1. The maximum atomic E-state index is 12.8. The highest BCUT2D eigenvalue weighted by atomic mass is 32.2. The lowest BCUT2D eigenvalue weighted by molar-refractivity contribution is -0.133.